The molecule has 7 heteroatoms. The fourth-order valence-electron chi connectivity index (χ4n) is 11.7. The smallest absolute Gasteiger partial charge is 0.337 e. The largest absolute Gasteiger partial charge is 0.446 e. The number of hydrogen-bond acceptors (Lipinski definition) is 7. The molecule has 38 heavy (non-hydrogen) atoms. The Balaban J connectivity index is 1.44. The van der Waals surface area contributed by atoms with Gasteiger partial charge in [0.15, 0.2) is 5.60 Å². The van der Waals surface area contributed by atoms with Crippen molar-refractivity contribution in [3.05, 3.63) is 45.6 Å². The Bertz CT molecular complexity index is 1470. The molecule has 9 aliphatic rings. The summed E-state index contributed by atoms with van der Waals surface area (Å²) < 4.78 is 18.6. The fraction of sp³-hybridized carbons (Fsp3) is 0.677. The van der Waals surface area contributed by atoms with Gasteiger partial charge in [0.2, 0.25) is 0 Å². The SMILES string of the molecule is C=C1[C@H]2C[C@H]2[C@]2(C)[C@@H]3C[C@@]4(O)C5=C(C6=C(C)C(=O)O[C@]6(OC)[C@H](O)[C@@]5(C)[C@@H]5C[C@@H]54)[C@@]34OC(=O)C(C)=C4C[C@@H]12. The molecule has 2 heterocycles. The lowest BCUT2D eigenvalue weighted by molar-refractivity contribution is -0.255. The van der Waals surface area contributed by atoms with E-state index < -0.39 is 34.5 Å². The van der Waals surface area contributed by atoms with Crippen LogP contribution < -0.4 is 0 Å². The maximum Gasteiger partial charge on any atom is 0.337 e. The Labute approximate surface area is 221 Å². The fourth-order valence-corrected chi connectivity index (χ4v) is 11.7. The highest BCUT2D eigenvalue weighted by Crippen LogP contribution is 2.84. The van der Waals surface area contributed by atoms with E-state index in [-0.39, 0.29) is 35.1 Å². The lowest BCUT2D eigenvalue weighted by Gasteiger charge is -2.64. The Morgan fingerprint density at radius 3 is 2.42 bits per heavy atom. The van der Waals surface area contributed by atoms with Gasteiger partial charge in [0.05, 0.1) is 5.60 Å². The zero-order valence-electron chi connectivity index (χ0n) is 22.5. The zero-order chi connectivity index (χ0) is 26.7. The normalized spacial score (nSPS) is 58.1. The van der Waals surface area contributed by atoms with Gasteiger partial charge >= 0.3 is 11.9 Å². The summed E-state index contributed by atoms with van der Waals surface area (Å²) in [5, 5.41) is 24.9. The molecule has 9 rings (SSSR count). The van der Waals surface area contributed by atoms with Crippen LogP contribution in [0.25, 0.3) is 0 Å². The van der Waals surface area contributed by atoms with Crippen molar-refractivity contribution in [2.24, 2.45) is 46.3 Å². The third kappa shape index (κ3) is 1.81. The third-order valence-electron chi connectivity index (χ3n) is 13.4. The molecule has 0 bridgehead atoms. The molecular formula is C31H34O7. The quantitative estimate of drug-likeness (QED) is 0.406. The number of aliphatic hydroxyl groups excluding tert-OH is 1. The van der Waals surface area contributed by atoms with Crippen LogP contribution in [0.2, 0.25) is 0 Å². The highest BCUT2D eigenvalue weighted by molar-refractivity contribution is 5.98. The number of carbonyl (C=O) groups is 2. The van der Waals surface area contributed by atoms with Gasteiger partial charge in [-0.15, -0.1) is 0 Å². The van der Waals surface area contributed by atoms with E-state index in [9.17, 15) is 19.8 Å². The number of hydrogen-bond donors (Lipinski definition) is 2. The van der Waals surface area contributed by atoms with Crippen LogP contribution in [-0.2, 0) is 23.8 Å². The van der Waals surface area contributed by atoms with Crippen LogP contribution in [-0.4, -0.2) is 52.4 Å². The lowest BCUT2D eigenvalue weighted by Crippen LogP contribution is -2.68. The van der Waals surface area contributed by atoms with E-state index in [2.05, 4.69) is 13.5 Å². The van der Waals surface area contributed by atoms with Gasteiger partial charge in [0.25, 0.3) is 5.79 Å². The van der Waals surface area contributed by atoms with Crippen molar-refractivity contribution >= 4 is 11.9 Å². The van der Waals surface area contributed by atoms with Gasteiger partial charge in [-0.25, -0.2) is 9.59 Å². The van der Waals surface area contributed by atoms with E-state index in [0.717, 1.165) is 24.0 Å². The van der Waals surface area contributed by atoms with Crippen molar-refractivity contribution in [3.8, 4) is 0 Å². The molecular weight excluding hydrogens is 484 g/mol. The molecule has 7 nitrogen and oxygen atoms in total. The minimum atomic E-state index is -1.71. The summed E-state index contributed by atoms with van der Waals surface area (Å²) in [6, 6.07) is 0. The van der Waals surface area contributed by atoms with Crippen LogP contribution in [0.5, 0.6) is 0 Å². The first-order valence-electron chi connectivity index (χ1n) is 14.1. The molecule has 0 unspecified atom stereocenters. The molecule has 5 saturated carbocycles. The molecule has 200 valence electrons. The summed E-state index contributed by atoms with van der Waals surface area (Å²) in [5.74, 6) is -1.62. The second-order valence-electron chi connectivity index (χ2n) is 14.2. The van der Waals surface area contributed by atoms with Crippen molar-refractivity contribution in [3.63, 3.8) is 0 Å². The van der Waals surface area contributed by atoms with Crippen LogP contribution in [0.1, 0.15) is 53.4 Å². The molecule has 0 amide bonds. The molecule has 1 spiro atoms. The minimum Gasteiger partial charge on any atom is -0.446 e. The first-order chi connectivity index (χ1) is 17.8. The van der Waals surface area contributed by atoms with Crippen LogP contribution in [0.15, 0.2) is 45.6 Å². The molecule has 12 atom stereocenters. The van der Waals surface area contributed by atoms with Crippen molar-refractivity contribution in [1.29, 1.82) is 0 Å². The van der Waals surface area contributed by atoms with E-state index in [1.807, 2.05) is 13.8 Å². The number of aliphatic hydroxyl groups is 2. The van der Waals surface area contributed by atoms with Gasteiger partial charge in [0, 0.05) is 40.7 Å². The van der Waals surface area contributed by atoms with Crippen LogP contribution in [0, 0.1) is 46.3 Å². The number of carbonyl (C=O) groups excluding carboxylic acids is 2. The highest BCUT2D eigenvalue weighted by Gasteiger charge is 2.86. The molecule has 0 saturated heterocycles. The van der Waals surface area contributed by atoms with E-state index >= 15 is 0 Å². The van der Waals surface area contributed by atoms with Gasteiger partial charge in [-0.1, -0.05) is 26.0 Å². The molecule has 0 aromatic carbocycles. The maximum atomic E-state index is 13.5. The Hall–Kier alpha value is -2.22. The predicted molar refractivity (Wildman–Crippen MR) is 133 cm³/mol. The van der Waals surface area contributed by atoms with Crippen LogP contribution in [0.4, 0.5) is 0 Å². The van der Waals surface area contributed by atoms with E-state index in [4.69, 9.17) is 14.2 Å². The average Bonchev–Trinajstić information content (AvgIpc) is 3.77. The summed E-state index contributed by atoms with van der Waals surface area (Å²) in [5.41, 5.74) is 1.72. The van der Waals surface area contributed by atoms with Crippen molar-refractivity contribution in [1.82, 2.24) is 0 Å². The Morgan fingerprint density at radius 1 is 1.00 bits per heavy atom. The first kappa shape index (κ1) is 22.6. The zero-order valence-corrected chi connectivity index (χ0v) is 22.5. The molecule has 5 fully saturated rings. The number of ether oxygens (including phenoxy) is 3. The monoisotopic (exact) mass is 518 g/mol. The molecule has 7 aliphatic carbocycles. The van der Waals surface area contributed by atoms with Crippen LogP contribution in [0.3, 0.4) is 0 Å². The lowest BCUT2D eigenvalue weighted by atomic mass is 9.43. The standard InChI is InChI=1S/C31H34O7/c1-11-14-7-17(14)27(4)15(11)8-16-12(2)24(32)37-30(16)20(27)10-29(35)19-9-18(19)28(5)23(29)22(30)21-13(3)25(33)38-31(21,36-6)26(28)34/h14-15,17-20,26,34-35H,1,7-10H2,2-6H3/t14-,15+,17-,18-,19+,20+,26-,27-,28+,29+,30+,31+/m1/s1. The topological polar surface area (TPSA) is 102 Å². The molecule has 0 aromatic heterocycles. The summed E-state index contributed by atoms with van der Waals surface area (Å²) in [6.45, 7) is 12.4. The summed E-state index contributed by atoms with van der Waals surface area (Å²) in [4.78, 5) is 26.8. The predicted octanol–water partition coefficient (Wildman–Crippen LogP) is 3.12. The van der Waals surface area contributed by atoms with Gasteiger partial charge in [0.1, 0.15) is 6.10 Å². The average molecular weight is 519 g/mol. The molecule has 0 radical (unpaired) electrons. The summed E-state index contributed by atoms with van der Waals surface area (Å²) in [7, 11) is 1.46. The molecule has 2 aliphatic heterocycles. The van der Waals surface area contributed by atoms with E-state index in [1.54, 1.807) is 6.92 Å². The summed E-state index contributed by atoms with van der Waals surface area (Å²) in [6.07, 6.45) is 1.85. The third-order valence-corrected chi connectivity index (χ3v) is 13.4. The van der Waals surface area contributed by atoms with Crippen LogP contribution >= 0.6 is 0 Å². The maximum absolute atomic E-state index is 13.5. The molecule has 2 N–H and O–H groups in total. The minimum absolute atomic E-state index is 0.00283. The number of allylic oxidation sites excluding steroid dienone is 1. The van der Waals surface area contributed by atoms with Crippen molar-refractivity contribution < 1.29 is 34.0 Å². The summed E-state index contributed by atoms with van der Waals surface area (Å²) >= 11 is 0. The first-order valence-corrected chi connectivity index (χ1v) is 14.1. The number of methoxy groups -OCH3 is 1. The van der Waals surface area contributed by atoms with E-state index in [0.29, 0.717) is 47.0 Å². The van der Waals surface area contributed by atoms with Gasteiger partial charge in [-0.3, -0.25) is 0 Å². The number of esters is 2. The Morgan fingerprint density at radius 2 is 1.71 bits per heavy atom. The Kier molecular flexibility index (Phi) is 3.44. The van der Waals surface area contributed by atoms with Gasteiger partial charge in [-0.05, 0) is 85.7 Å². The van der Waals surface area contributed by atoms with Gasteiger partial charge < -0.3 is 24.4 Å². The van der Waals surface area contributed by atoms with Crippen molar-refractivity contribution in [2.45, 2.75) is 76.5 Å². The highest BCUT2D eigenvalue weighted by atomic mass is 16.7. The second kappa shape index (κ2) is 5.79. The van der Waals surface area contributed by atoms with E-state index in [1.165, 1.54) is 12.7 Å². The molecule has 0 aromatic rings. The van der Waals surface area contributed by atoms with Crippen molar-refractivity contribution in [2.75, 3.05) is 7.11 Å². The number of fused-ring (bicyclic) bond motifs is 9. The second-order valence-corrected chi connectivity index (χ2v) is 14.2. The number of rotatable bonds is 1. The van der Waals surface area contributed by atoms with Gasteiger partial charge in [-0.2, -0.15) is 0 Å².